The first-order chi connectivity index (χ1) is 9.65. The van der Waals surface area contributed by atoms with Gasteiger partial charge in [0.05, 0.1) is 6.61 Å². The Kier molecular flexibility index (Phi) is 5.01. The number of hydrogen-bond donors (Lipinski definition) is 1. The molecule has 0 fully saturated rings. The topological polar surface area (TPSA) is 55.6 Å². The van der Waals surface area contributed by atoms with Crippen molar-refractivity contribution in [2.45, 2.75) is 39.2 Å². The van der Waals surface area contributed by atoms with Crippen LogP contribution >= 0.6 is 0 Å². The summed E-state index contributed by atoms with van der Waals surface area (Å²) >= 11 is 0. The van der Waals surface area contributed by atoms with Crippen molar-refractivity contribution in [3.05, 3.63) is 29.3 Å². The fourth-order valence-electron chi connectivity index (χ4n) is 2.77. The molecule has 4 heteroatoms. The van der Waals surface area contributed by atoms with Crippen molar-refractivity contribution in [3.8, 4) is 0 Å². The largest absolute Gasteiger partial charge is 0.465 e. The lowest BCUT2D eigenvalue weighted by Gasteiger charge is -2.30. The van der Waals surface area contributed by atoms with Crippen LogP contribution < -0.4 is 10.6 Å². The quantitative estimate of drug-likeness (QED) is 0.834. The summed E-state index contributed by atoms with van der Waals surface area (Å²) < 4.78 is 4.95. The summed E-state index contributed by atoms with van der Waals surface area (Å²) in [5.74, 6) is -0.319. The van der Waals surface area contributed by atoms with Gasteiger partial charge in [-0.25, -0.2) is 0 Å². The van der Waals surface area contributed by atoms with Crippen molar-refractivity contribution in [2.24, 2.45) is 5.73 Å². The van der Waals surface area contributed by atoms with Crippen LogP contribution in [0.2, 0.25) is 0 Å². The van der Waals surface area contributed by atoms with Crippen molar-refractivity contribution < 1.29 is 9.53 Å². The minimum Gasteiger partial charge on any atom is -0.465 e. The predicted molar refractivity (Wildman–Crippen MR) is 81.0 cm³/mol. The molecule has 0 radical (unpaired) electrons. The minimum absolute atomic E-state index is 0.319. The van der Waals surface area contributed by atoms with Crippen molar-refractivity contribution >= 4 is 11.7 Å². The Hall–Kier alpha value is -1.55. The van der Waals surface area contributed by atoms with Crippen molar-refractivity contribution in [3.63, 3.8) is 0 Å². The van der Waals surface area contributed by atoms with Crippen LogP contribution in [0.5, 0.6) is 0 Å². The van der Waals surface area contributed by atoms with Gasteiger partial charge in [-0.1, -0.05) is 12.1 Å². The first-order valence-electron chi connectivity index (χ1n) is 7.44. The highest BCUT2D eigenvalue weighted by molar-refractivity contribution is 5.76. The van der Waals surface area contributed by atoms with E-state index in [4.69, 9.17) is 10.5 Å². The van der Waals surface area contributed by atoms with E-state index < -0.39 is 6.04 Å². The molecule has 20 heavy (non-hydrogen) atoms. The van der Waals surface area contributed by atoms with Gasteiger partial charge in [-0.05, 0) is 50.3 Å². The lowest BCUT2D eigenvalue weighted by Crippen LogP contribution is -2.34. The number of nitrogens with zero attached hydrogens (tertiary/aromatic N) is 1. The van der Waals surface area contributed by atoms with Crippen LogP contribution in [-0.2, 0) is 22.4 Å². The van der Waals surface area contributed by atoms with Crippen LogP contribution in [0.3, 0.4) is 0 Å². The van der Waals surface area contributed by atoms with Gasteiger partial charge >= 0.3 is 5.97 Å². The standard InChI is InChI=1S/C16H24N2O2/c1-3-18-9-5-6-13-10-12(7-8-15(13)18)11-14(17)16(19)20-4-2/h7-8,10,14H,3-6,9,11,17H2,1-2H3. The SMILES string of the molecule is CCOC(=O)C(N)Cc1ccc2c(c1)CCCN2CC. The summed E-state index contributed by atoms with van der Waals surface area (Å²) in [6.45, 7) is 6.52. The zero-order chi connectivity index (χ0) is 14.5. The summed E-state index contributed by atoms with van der Waals surface area (Å²) in [6, 6.07) is 5.85. The Labute approximate surface area is 120 Å². The highest BCUT2D eigenvalue weighted by Crippen LogP contribution is 2.28. The van der Waals surface area contributed by atoms with Gasteiger partial charge in [0.2, 0.25) is 0 Å². The molecule has 1 aliphatic rings. The van der Waals surface area contributed by atoms with E-state index in [1.165, 1.54) is 17.7 Å². The molecule has 0 amide bonds. The molecule has 1 aliphatic heterocycles. The third kappa shape index (κ3) is 3.31. The van der Waals surface area contributed by atoms with E-state index in [0.29, 0.717) is 13.0 Å². The van der Waals surface area contributed by atoms with E-state index in [0.717, 1.165) is 25.1 Å². The molecule has 110 valence electrons. The van der Waals surface area contributed by atoms with Gasteiger partial charge in [-0.2, -0.15) is 0 Å². The molecule has 1 atom stereocenters. The Morgan fingerprint density at radius 2 is 2.25 bits per heavy atom. The van der Waals surface area contributed by atoms with Gasteiger partial charge < -0.3 is 15.4 Å². The summed E-state index contributed by atoms with van der Waals surface area (Å²) in [7, 11) is 0. The first-order valence-corrected chi connectivity index (χ1v) is 7.44. The molecule has 0 saturated carbocycles. The molecule has 1 unspecified atom stereocenters. The van der Waals surface area contributed by atoms with Crippen LogP contribution in [0.4, 0.5) is 5.69 Å². The zero-order valence-electron chi connectivity index (χ0n) is 12.4. The predicted octanol–water partition coefficient (Wildman–Crippen LogP) is 1.89. The van der Waals surface area contributed by atoms with E-state index in [2.05, 4.69) is 30.0 Å². The summed E-state index contributed by atoms with van der Waals surface area (Å²) in [5, 5.41) is 0. The van der Waals surface area contributed by atoms with E-state index in [1.54, 1.807) is 6.92 Å². The second-order valence-electron chi connectivity index (χ2n) is 5.21. The van der Waals surface area contributed by atoms with Gasteiger partial charge in [-0.15, -0.1) is 0 Å². The molecule has 0 aromatic heterocycles. The molecule has 1 heterocycles. The molecule has 0 spiro atoms. The van der Waals surface area contributed by atoms with Crippen LogP contribution in [0.15, 0.2) is 18.2 Å². The number of ether oxygens (including phenoxy) is 1. The minimum atomic E-state index is -0.570. The lowest BCUT2D eigenvalue weighted by atomic mass is 9.96. The monoisotopic (exact) mass is 276 g/mol. The van der Waals surface area contributed by atoms with Gasteiger partial charge in [0.1, 0.15) is 6.04 Å². The lowest BCUT2D eigenvalue weighted by molar-refractivity contribution is -0.144. The second-order valence-corrected chi connectivity index (χ2v) is 5.21. The third-order valence-corrected chi connectivity index (χ3v) is 3.79. The number of rotatable bonds is 5. The summed E-state index contributed by atoms with van der Waals surface area (Å²) in [4.78, 5) is 14.0. The Balaban J connectivity index is 2.09. The van der Waals surface area contributed by atoms with E-state index in [1.807, 2.05) is 0 Å². The van der Waals surface area contributed by atoms with E-state index in [-0.39, 0.29) is 5.97 Å². The van der Waals surface area contributed by atoms with Crippen LogP contribution in [0, 0.1) is 0 Å². The van der Waals surface area contributed by atoms with Crippen LogP contribution in [0.25, 0.3) is 0 Å². The van der Waals surface area contributed by atoms with Gasteiger partial charge in [0.15, 0.2) is 0 Å². The highest BCUT2D eigenvalue weighted by atomic mass is 16.5. The normalized spacial score (nSPS) is 15.7. The molecule has 1 aromatic rings. The first kappa shape index (κ1) is 14.9. The molecule has 2 rings (SSSR count). The number of nitrogens with two attached hydrogens (primary N) is 1. The summed E-state index contributed by atoms with van der Waals surface area (Å²) in [6.07, 6.45) is 2.83. The fraction of sp³-hybridized carbons (Fsp3) is 0.562. The zero-order valence-corrected chi connectivity index (χ0v) is 12.4. The molecule has 0 saturated heterocycles. The Bertz CT molecular complexity index is 474. The number of esters is 1. The molecular weight excluding hydrogens is 252 g/mol. The van der Waals surface area contributed by atoms with Crippen molar-refractivity contribution in [1.82, 2.24) is 0 Å². The van der Waals surface area contributed by atoms with Gasteiger partial charge in [0, 0.05) is 18.8 Å². The number of aryl methyl sites for hydroxylation is 1. The molecule has 4 nitrogen and oxygen atoms in total. The van der Waals surface area contributed by atoms with E-state index in [9.17, 15) is 4.79 Å². The second kappa shape index (κ2) is 6.75. The molecule has 2 N–H and O–H groups in total. The number of fused-ring (bicyclic) bond motifs is 1. The van der Waals surface area contributed by atoms with Gasteiger partial charge in [-0.3, -0.25) is 4.79 Å². The average molecular weight is 276 g/mol. The van der Waals surface area contributed by atoms with Crippen molar-refractivity contribution in [2.75, 3.05) is 24.6 Å². The third-order valence-electron chi connectivity index (χ3n) is 3.79. The van der Waals surface area contributed by atoms with Gasteiger partial charge in [0.25, 0.3) is 0 Å². The van der Waals surface area contributed by atoms with Crippen LogP contribution in [-0.4, -0.2) is 31.7 Å². The molecular formula is C16H24N2O2. The molecule has 0 bridgehead atoms. The molecule has 1 aromatic carbocycles. The Morgan fingerprint density at radius 1 is 1.45 bits per heavy atom. The maximum absolute atomic E-state index is 11.6. The maximum Gasteiger partial charge on any atom is 0.323 e. The van der Waals surface area contributed by atoms with E-state index >= 15 is 0 Å². The smallest absolute Gasteiger partial charge is 0.323 e. The van der Waals surface area contributed by atoms with Crippen LogP contribution in [0.1, 0.15) is 31.4 Å². The highest BCUT2D eigenvalue weighted by Gasteiger charge is 2.18. The van der Waals surface area contributed by atoms with Crippen molar-refractivity contribution in [1.29, 1.82) is 0 Å². The number of benzene rings is 1. The maximum atomic E-state index is 11.6. The molecule has 0 aliphatic carbocycles. The number of hydrogen-bond acceptors (Lipinski definition) is 4. The average Bonchev–Trinajstić information content (AvgIpc) is 2.46. The Morgan fingerprint density at radius 3 is 2.95 bits per heavy atom. The number of anilines is 1. The fourth-order valence-corrected chi connectivity index (χ4v) is 2.77. The number of carbonyl (C=O) groups excluding carboxylic acids is 1. The number of carbonyl (C=O) groups is 1. The summed E-state index contributed by atoms with van der Waals surface area (Å²) in [5.41, 5.74) is 9.69.